The number of pyridine rings is 1. The Morgan fingerprint density at radius 1 is 1.27 bits per heavy atom. The number of aromatic nitrogens is 1. The maximum atomic E-state index is 12.3. The predicted molar refractivity (Wildman–Crippen MR) is 113 cm³/mol. The molecule has 2 amide bonds. The van der Waals surface area contributed by atoms with Crippen LogP contribution < -0.4 is 10.6 Å². The van der Waals surface area contributed by atoms with Gasteiger partial charge >= 0.3 is 0 Å². The van der Waals surface area contributed by atoms with Gasteiger partial charge in [-0.15, -0.1) is 0 Å². The van der Waals surface area contributed by atoms with Gasteiger partial charge in [-0.1, -0.05) is 12.1 Å². The quantitative estimate of drug-likeness (QED) is 0.710. The van der Waals surface area contributed by atoms with E-state index in [9.17, 15) is 14.7 Å². The fourth-order valence-corrected chi connectivity index (χ4v) is 4.12. The predicted octanol–water partition coefficient (Wildman–Crippen LogP) is 1.59. The zero-order valence-electron chi connectivity index (χ0n) is 17.3. The van der Waals surface area contributed by atoms with E-state index in [2.05, 4.69) is 20.5 Å². The Bertz CT molecular complexity index is 938. The number of likely N-dealkylation sites (tertiary alicyclic amines) is 1. The van der Waals surface area contributed by atoms with Crippen LogP contribution in [-0.2, 0) is 6.54 Å². The highest BCUT2D eigenvalue weighted by Crippen LogP contribution is 2.30. The lowest BCUT2D eigenvalue weighted by Gasteiger charge is -2.33. The first-order valence-corrected chi connectivity index (χ1v) is 10.2. The molecule has 0 bridgehead atoms. The summed E-state index contributed by atoms with van der Waals surface area (Å²) in [6.07, 6.45) is 2.89. The topological polar surface area (TPSA) is 97.8 Å². The first-order valence-electron chi connectivity index (χ1n) is 10.2. The van der Waals surface area contributed by atoms with Crippen LogP contribution in [0.15, 0.2) is 36.5 Å². The molecule has 1 atom stereocenters. The minimum absolute atomic E-state index is 0.170. The van der Waals surface area contributed by atoms with Gasteiger partial charge in [0.05, 0.1) is 11.3 Å². The minimum Gasteiger partial charge on any atom is -0.356 e. The Balaban J connectivity index is 1.36. The van der Waals surface area contributed by atoms with Gasteiger partial charge in [-0.2, -0.15) is 0 Å². The molecule has 0 aliphatic carbocycles. The Morgan fingerprint density at radius 2 is 2.03 bits per heavy atom. The molecule has 1 fully saturated rings. The number of hydrogen-bond acceptors (Lipinski definition) is 6. The van der Waals surface area contributed by atoms with Crippen LogP contribution in [0.4, 0.5) is 5.69 Å². The molecule has 8 nitrogen and oxygen atoms in total. The molecule has 0 radical (unpaired) electrons. The highest BCUT2D eigenvalue weighted by molar-refractivity contribution is 6.01. The van der Waals surface area contributed by atoms with E-state index in [1.54, 1.807) is 20.2 Å². The van der Waals surface area contributed by atoms with Gasteiger partial charge in [0, 0.05) is 26.8 Å². The number of piperidine rings is 1. The fourth-order valence-electron chi connectivity index (χ4n) is 4.12. The second-order valence-corrected chi connectivity index (χ2v) is 7.92. The number of carbonyl (C=O) groups excluding carboxylic acids is 2. The van der Waals surface area contributed by atoms with Gasteiger partial charge in [0.25, 0.3) is 11.8 Å². The van der Waals surface area contributed by atoms with Crippen molar-refractivity contribution in [2.24, 2.45) is 0 Å². The number of fused-ring (bicyclic) bond motifs is 1. The van der Waals surface area contributed by atoms with Gasteiger partial charge in [0.15, 0.2) is 0 Å². The summed E-state index contributed by atoms with van der Waals surface area (Å²) in [7, 11) is 3.17. The van der Waals surface area contributed by atoms with Crippen molar-refractivity contribution in [2.75, 3.05) is 32.5 Å². The third-order valence-corrected chi connectivity index (χ3v) is 6.00. The number of aliphatic hydroxyl groups excluding tert-OH is 1. The first-order chi connectivity index (χ1) is 14.5. The van der Waals surface area contributed by atoms with E-state index in [1.165, 1.54) is 10.5 Å². The Morgan fingerprint density at radius 3 is 2.70 bits per heavy atom. The van der Waals surface area contributed by atoms with E-state index in [1.807, 2.05) is 30.5 Å². The van der Waals surface area contributed by atoms with Crippen molar-refractivity contribution >= 4 is 17.5 Å². The number of carbonyl (C=O) groups is 2. The van der Waals surface area contributed by atoms with Crippen molar-refractivity contribution in [3.05, 3.63) is 58.9 Å². The lowest BCUT2D eigenvalue weighted by atomic mass is 9.90. The molecule has 1 aromatic heterocycles. The molecule has 1 saturated heterocycles. The summed E-state index contributed by atoms with van der Waals surface area (Å²) in [5, 5.41) is 15.5. The van der Waals surface area contributed by atoms with Crippen molar-refractivity contribution in [2.45, 2.75) is 31.7 Å². The number of hydrogen-bond donors (Lipinski definition) is 3. The first kappa shape index (κ1) is 20.3. The number of rotatable bonds is 4. The van der Waals surface area contributed by atoms with Gasteiger partial charge in [-0.3, -0.25) is 24.4 Å². The molecule has 8 heteroatoms. The lowest BCUT2D eigenvalue weighted by Crippen LogP contribution is -2.46. The highest BCUT2D eigenvalue weighted by Gasteiger charge is 2.28. The number of anilines is 1. The van der Waals surface area contributed by atoms with E-state index < -0.39 is 6.35 Å². The minimum atomic E-state index is -1.00. The number of benzene rings is 1. The molecule has 1 aromatic carbocycles. The van der Waals surface area contributed by atoms with Crippen molar-refractivity contribution < 1.29 is 14.7 Å². The summed E-state index contributed by atoms with van der Waals surface area (Å²) >= 11 is 0. The summed E-state index contributed by atoms with van der Waals surface area (Å²) in [4.78, 5) is 31.9. The lowest BCUT2D eigenvalue weighted by molar-refractivity contribution is 0.0302. The van der Waals surface area contributed by atoms with Crippen LogP contribution in [0.25, 0.3) is 0 Å². The van der Waals surface area contributed by atoms with Gasteiger partial charge in [-0.05, 0) is 61.2 Å². The smallest absolute Gasteiger partial charge is 0.269 e. The normalized spacial score (nSPS) is 19.9. The summed E-state index contributed by atoms with van der Waals surface area (Å²) in [6.45, 7) is 2.74. The molecule has 158 valence electrons. The molecule has 3 heterocycles. The average molecular weight is 409 g/mol. The molecular formula is C22H27N5O3. The number of amides is 2. The van der Waals surface area contributed by atoms with E-state index >= 15 is 0 Å². The highest BCUT2D eigenvalue weighted by atomic mass is 16.3. The van der Waals surface area contributed by atoms with Crippen molar-refractivity contribution in [3.8, 4) is 0 Å². The van der Waals surface area contributed by atoms with Crippen LogP contribution in [0.1, 0.15) is 50.7 Å². The van der Waals surface area contributed by atoms with Crippen LogP contribution in [0.3, 0.4) is 0 Å². The summed E-state index contributed by atoms with van der Waals surface area (Å²) in [5.74, 6) is 0.0948. The fraction of sp³-hybridized carbons (Fsp3) is 0.409. The molecule has 1 unspecified atom stereocenters. The number of nitrogens with zero attached hydrogens (tertiary/aromatic N) is 3. The molecular weight excluding hydrogens is 382 g/mol. The van der Waals surface area contributed by atoms with E-state index in [4.69, 9.17) is 0 Å². The standard InChI is InChI=1S/C22H27N5O3/c1-23-20(28)18-6-4-16(12-24-18)15-7-9-27(10-8-15)13-14-3-5-17-19(11-14)25-22(30)26(2)21(17)29/h3-6,11-12,15,22,25,30H,7-10,13H2,1-2H3,(H,23,28). The van der Waals surface area contributed by atoms with Gasteiger partial charge in [0.2, 0.25) is 6.35 Å². The zero-order chi connectivity index (χ0) is 21.3. The van der Waals surface area contributed by atoms with E-state index in [0.717, 1.165) is 38.0 Å². The molecule has 0 saturated carbocycles. The Hall–Kier alpha value is -2.97. The van der Waals surface area contributed by atoms with E-state index in [0.29, 0.717) is 22.9 Å². The Kier molecular flexibility index (Phi) is 5.69. The van der Waals surface area contributed by atoms with Gasteiger partial charge < -0.3 is 15.7 Å². The van der Waals surface area contributed by atoms with Gasteiger partial charge in [-0.25, -0.2) is 0 Å². The molecule has 30 heavy (non-hydrogen) atoms. The molecule has 2 aliphatic heterocycles. The second kappa shape index (κ2) is 8.41. The van der Waals surface area contributed by atoms with E-state index in [-0.39, 0.29) is 11.8 Å². The van der Waals surface area contributed by atoms with Crippen LogP contribution in [0, 0.1) is 0 Å². The second-order valence-electron chi connectivity index (χ2n) is 7.92. The summed E-state index contributed by atoms with van der Waals surface area (Å²) in [6, 6.07) is 9.56. The zero-order valence-corrected chi connectivity index (χ0v) is 17.3. The number of aliphatic hydroxyl groups is 1. The SMILES string of the molecule is CNC(=O)c1ccc(C2CCN(Cc3ccc4c(c3)NC(O)N(C)C4=O)CC2)cn1. The van der Waals surface area contributed by atoms with Crippen LogP contribution >= 0.6 is 0 Å². The van der Waals surface area contributed by atoms with Crippen LogP contribution in [-0.4, -0.2) is 65.2 Å². The summed E-state index contributed by atoms with van der Waals surface area (Å²) < 4.78 is 0. The molecule has 2 aromatic rings. The third-order valence-electron chi connectivity index (χ3n) is 6.00. The summed E-state index contributed by atoms with van der Waals surface area (Å²) in [5.41, 5.74) is 3.99. The monoisotopic (exact) mass is 409 g/mol. The molecule has 0 spiro atoms. The largest absolute Gasteiger partial charge is 0.356 e. The van der Waals surface area contributed by atoms with Gasteiger partial charge in [0.1, 0.15) is 5.69 Å². The Labute approximate surface area is 175 Å². The van der Waals surface area contributed by atoms with Crippen LogP contribution in [0.2, 0.25) is 0 Å². The maximum absolute atomic E-state index is 12.3. The van der Waals surface area contributed by atoms with Crippen LogP contribution in [0.5, 0.6) is 0 Å². The average Bonchev–Trinajstić information content (AvgIpc) is 2.77. The maximum Gasteiger partial charge on any atom is 0.269 e. The van der Waals surface area contributed by atoms with Crippen molar-refractivity contribution in [1.29, 1.82) is 0 Å². The number of nitrogens with one attached hydrogen (secondary N) is 2. The molecule has 3 N–H and O–H groups in total. The van der Waals surface area contributed by atoms with Crippen molar-refractivity contribution in [3.63, 3.8) is 0 Å². The third kappa shape index (κ3) is 4.01. The molecule has 2 aliphatic rings. The van der Waals surface area contributed by atoms with Crippen molar-refractivity contribution in [1.82, 2.24) is 20.1 Å². The molecule has 4 rings (SSSR count).